The molecule has 1 fully saturated rings. The maximum Gasteiger partial charge on any atom is 0.410 e. The molecule has 1 aliphatic heterocycles. The first-order chi connectivity index (χ1) is 13.3. The number of thiophene rings is 1. The summed E-state index contributed by atoms with van der Waals surface area (Å²) in [5, 5.41) is 8.89. The lowest BCUT2D eigenvalue weighted by Crippen LogP contribution is -2.51. The Hall–Kier alpha value is -1.80. The van der Waals surface area contributed by atoms with Gasteiger partial charge in [0.1, 0.15) is 5.60 Å². The Balaban J connectivity index is 1.63. The summed E-state index contributed by atoms with van der Waals surface area (Å²) in [6.07, 6.45) is -0.213. The molecule has 158 valence electrons. The van der Waals surface area contributed by atoms with Crippen molar-refractivity contribution >= 4 is 23.4 Å². The van der Waals surface area contributed by atoms with Crippen LogP contribution in [0.25, 0.3) is 0 Å². The molecular weight excluding hydrogens is 374 g/mol. The molecule has 1 atom stereocenters. The van der Waals surface area contributed by atoms with Crippen LogP contribution in [-0.4, -0.2) is 80.3 Å². The van der Waals surface area contributed by atoms with Crippen LogP contribution in [0, 0.1) is 0 Å². The highest BCUT2D eigenvalue weighted by molar-refractivity contribution is 7.10. The number of nitrogens with one attached hydrogen (secondary N) is 2. The quantitative estimate of drug-likeness (QED) is 0.558. The van der Waals surface area contributed by atoms with E-state index in [0.717, 1.165) is 38.7 Å². The Labute approximate surface area is 173 Å². The van der Waals surface area contributed by atoms with Gasteiger partial charge < -0.3 is 20.3 Å². The lowest BCUT2D eigenvalue weighted by Gasteiger charge is -2.35. The van der Waals surface area contributed by atoms with Gasteiger partial charge in [-0.15, -0.1) is 11.3 Å². The molecule has 0 bridgehead atoms. The number of amides is 1. The fourth-order valence-electron chi connectivity index (χ4n) is 2.96. The summed E-state index contributed by atoms with van der Waals surface area (Å²) in [5.41, 5.74) is -0.442. The number of hydrogen-bond donors (Lipinski definition) is 2. The van der Waals surface area contributed by atoms with Gasteiger partial charge >= 0.3 is 6.09 Å². The first kappa shape index (κ1) is 22.5. The van der Waals surface area contributed by atoms with E-state index in [-0.39, 0.29) is 6.09 Å². The maximum absolute atomic E-state index is 12.1. The van der Waals surface area contributed by atoms with E-state index in [1.807, 2.05) is 20.8 Å². The molecule has 2 heterocycles. The summed E-state index contributed by atoms with van der Waals surface area (Å²) in [6.45, 7) is 13.7. The van der Waals surface area contributed by atoms with Crippen LogP contribution >= 0.6 is 11.3 Å². The average Bonchev–Trinajstić information content (AvgIpc) is 3.18. The molecule has 0 spiro atoms. The molecule has 1 saturated heterocycles. The van der Waals surface area contributed by atoms with Crippen molar-refractivity contribution in [1.82, 2.24) is 20.4 Å². The van der Waals surface area contributed by atoms with Crippen LogP contribution in [0.15, 0.2) is 22.5 Å². The van der Waals surface area contributed by atoms with Crippen LogP contribution < -0.4 is 10.6 Å². The second-order valence-corrected chi connectivity index (χ2v) is 9.08. The molecule has 2 rings (SSSR count). The summed E-state index contributed by atoms with van der Waals surface area (Å²) in [6, 6.07) is 4.26. The van der Waals surface area contributed by atoms with Crippen molar-refractivity contribution in [2.24, 2.45) is 4.99 Å². The first-order valence-corrected chi connectivity index (χ1v) is 10.8. The SMILES string of the molecule is CN=C(NCCN1CCN(C(=O)OC(C)(C)C)CC1)NCC(C)c1cccs1. The molecule has 0 saturated carbocycles. The van der Waals surface area contributed by atoms with E-state index in [4.69, 9.17) is 4.74 Å². The van der Waals surface area contributed by atoms with Gasteiger partial charge in [0, 0.05) is 63.7 Å². The Kier molecular flexibility index (Phi) is 8.57. The van der Waals surface area contributed by atoms with E-state index < -0.39 is 5.60 Å². The number of piperazine rings is 1. The van der Waals surface area contributed by atoms with Gasteiger partial charge in [-0.3, -0.25) is 9.89 Å². The highest BCUT2D eigenvalue weighted by atomic mass is 32.1. The number of nitrogens with zero attached hydrogens (tertiary/aromatic N) is 3. The molecule has 7 nitrogen and oxygen atoms in total. The van der Waals surface area contributed by atoms with Gasteiger partial charge in [-0.25, -0.2) is 4.79 Å². The number of rotatable bonds is 6. The van der Waals surface area contributed by atoms with Crippen LogP contribution in [0.4, 0.5) is 4.79 Å². The number of guanidine groups is 1. The van der Waals surface area contributed by atoms with Crippen molar-refractivity contribution in [2.45, 2.75) is 39.2 Å². The third-order valence-corrected chi connectivity index (χ3v) is 5.68. The number of ether oxygens (including phenoxy) is 1. The van der Waals surface area contributed by atoms with Gasteiger partial charge in [0.05, 0.1) is 0 Å². The Morgan fingerprint density at radius 3 is 2.57 bits per heavy atom. The fourth-order valence-corrected chi connectivity index (χ4v) is 3.74. The van der Waals surface area contributed by atoms with Gasteiger partial charge in [0.25, 0.3) is 0 Å². The van der Waals surface area contributed by atoms with Crippen molar-refractivity contribution in [3.63, 3.8) is 0 Å². The number of hydrogen-bond acceptors (Lipinski definition) is 5. The van der Waals surface area contributed by atoms with E-state index in [0.29, 0.717) is 19.0 Å². The number of carbonyl (C=O) groups is 1. The molecular formula is C20H35N5O2S. The maximum atomic E-state index is 12.1. The zero-order valence-electron chi connectivity index (χ0n) is 17.8. The van der Waals surface area contributed by atoms with Crippen molar-refractivity contribution in [3.8, 4) is 0 Å². The van der Waals surface area contributed by atoms with E-state index in [2.05, 4.69) is 45.0 Å². The molecule has 2 N–H and O–H groups in total. The highest BCUT2D eigenvalue weighted by Gasteiger charge is 2.25. The molecule has 1 unspecified atom stereocenters. The minimum absolute atomic E-state index is 0.213. The first-order valence-electron chi connectivity index (χ1n) is 9.96. The molecule has 0 radical (unpaired) electrons. The van der Waals surface area contributed by atoms with Crippen LogP contribution in [0.2, 0.25) is 0 Å². The molecule has 1 aliphatic rings. The second-order valence-electron chi connectivity index (χ2n) is 8.11. The highest BCUT2D eigenvalue weighted by Crippen LogP contribution is 2.19. The number of aliphatic imine (C=N–C) groups is 1. The van der Waals surface area contributed by atoms with Gasteiger partial charge in [0.2, 0.25) is 0 Å². The average molecular weight is 410 g/mol. The largest absolute Gasteiger partial charge is 0.444 e. The third-order valence-electron chi connectivity index (χ3n) is 4.57. The van der Waals surface area contributed by atoms with Gasteiger partial charge in [0.15, 0.2) is 5.96 Å². The van der Waals surface area contributed by atoms with Gasteiger partial charge in [-0.1, -0.05) is 13.0 Å². The zero-order valence-corrected chi connectivity index (χ0v) is 18.6. The topological polar surface area (TPSA) is 69.2 Å². The summed E-state index contributed by atoms with van der Waals surface area (Å²) >= 11 is 1.79. The normalized spacial score (nSPS) is 17.3. The summed E-state index contributed by atoms with van der Waals surface area (Å²) < 4.78 is 5.45. The lowest BCUT2D eigenvalue weighted by atomic mass is 10.1. The Morgan fingerprint density at radius 1 is 1.29 bits per heavy atom. The van der Waals surface area contributed by atoms with Crippen molar-refractivity contribution in [3.05, 3.63) is 22.4 Å². The smallest absolute Gasteiger partial charge is 0.410 e. The molecule has 28 heavy (non-hydrogen) atoms. The minimum atomic E-state index is -0.442. The summed E-state index contributed by atoms with van der Waals surface area (Å²) in [5.74, 6) is 1.29. The molecule has 1 amide bonds. The summed E-state index contributed by atoms with van der Waals surface area (Å²) in [4.78, 5) is 22.0. The Bertz CT molecular complexity index is 619. The standard InChI is InChI=1S/C20H35N5O2S/c1-16(17-7-6-14-28-17)15-23-18(21-5)22-8-9-24-10-12-25(13-11-24)19(26)27-20(2,3)4/h6-7,14,16H,8-13,15H2,1-5H3,(H2,21,22,23). The molecule has 0 aliphatic carbocycles. The van der Waals surface area contributed by atoms with Crippen molar-refractivity contribution < 1.29 is 9.53 Å². The van der Waals surface area contributed by atoms with Crippen molar-refractivity contribution in [2.75, 3.05) is 52.9 Å². The fraction of sp³-hybridized carbons (Fsp3) is 0.700. The van der Waals surface area contributed by atoms with E-state index >= 15 is 0 Å². The predicted octanol–water partition coefficient (Wildman–Crippen LogP) is 2.57. The summed E-state index contributed by atoms with van der Waals surface area (Å²) in [7, 11) is 1.80. The Morgan fingerprint density at radius 2 is 2.00 bits per heavy atom. The second kappa shape index (κ2) is 10.7. The van der Waals surface area contributed by atoms with E-state index in [9.17, 15) is 4.79 Å². The lowest BCUT2D eigenvalue weighted by molar-refractivity contribution is 0.0147. The van der Waals surface area contributed by atoms with Crippen LogP contribution in [0.5, 0.6) is 0 Å². The molecule has 0 aromatic carbocycles. The zero-order chi connectivity index (χ0) is 20.6. The monoisotopic (exact) mass is 409 g/mol. The van der Waals surface area contributed by atoms with Gasteiger partial charge in [-0.2, -0.15) is 0 Å². The third kappa shape index (κ3) is 7.67. The van der Waals surface area contributed by atoms with Crippen LogP contribution in [0.3, 0.4) is 0 Å². The van der Waals surface area contributed by atoms with Crippen LogP contribution in [0.1, 0.15) is 38.5 Å². The number of carbonyl (C=O) groups excluding carboxylic acids is 1. The van der Waals surface area contributed by atoms with Crippen molar-refractivity contribution in [1.29, 1.82) is 0 Å². The minimum Gasteiger partial charge on any atom is -0.444 e. The van der Waals surface area contributed by atoms with Gasteiger partial charge in [-0.05, 0) is 32.2 Å². The molecule has 8 heteroatoms. The molecule has 1 aromatic heterocycles. The van der Waals surface area contributed by atoms with E-state index in [1.54, 1.807) is 23.3 Å². The van der Waals surface area contributed by atoms with Crippen LogP contribution in [-0.2, 0) is 4.74 Å². The van der Waals surface area contributed by atoms with E-state index in [1.165, 1.54) is 4.88 Å². The predicted molar refractivity (Wildman–Crippen MR) is 116 cm³/mol. The molecule has 1 aromatic rings.